The van der Waals surface area contributed by atoms with Crippen molar-refractivity contribution >= 4 is 0 Å². The summed E-state index contributed by atoms with van der Waals surface area (Å²) < 4.78 is 10.5. The molecule has 5 heteroatoms. The minimum Gasteiger partial charge on any atom is -0.469 e. The number of nitrogens with zero attached hydrogens (tertiary/aromatic N) is 2. The summed E-state index contributed by atoms with van der Waals surface area (Å²) in [5.41, 5.74) is 7.16. The molecule has 1 atom stereocenters. The van der Waals surface area contributed by atoms with Crippen LogP contribution in [-0.2, 0) is 6.42 Å². The van der Waals surface area contributed by atoms with Gasteiger partial charge < -0.3 is 14.7 Å². The zero-order chi connectivity index (χ0) is 14.0. The molecule has 0 aliphatic heterocycles. The van der Waals surface area contributed by atoms with Gasteiger partial charge in [-0.3, -0.25) is 0 Å². The van der Waals surface area contributed by atoms with Crippen LogP contribution in [0.25, 0.3) is 11.4 Å². The molecule has 0 aliphatic rings. The van der Waals surface area contributed by atoms with Crippen LogP contribution in [0, 0.1) is 12.3 Å². The maximum atomic E-state index is 6.10. The number of hydrogen-bond donors (Lipinski definition) is 1. The zero-order valence-corrected chi connectivity index (χ0v) is 11.9. The largest absolute Gasteiger partial charge is 0.469 e. The molecule has 0 aromatic carbocycles. The molecule has 0 bridgehead atoms. The van der Waals surface area contributed by atoms with Gasteiger partial charge in [-0.2, -0.15) is 4.98 Å². The Morgan fingerprint density at radius 3 is 2.68 bits per heavy atom. The normalized spacial score (nSPS) is 13.7. The highest BCUT2D eigenvalue weighted by Crippen LogP contribution is 2.23. The molecule has 0 aliphatic carbocycles. The van der Waals surface area contributed by atoms with E-state index in [1.807, 2.05) is 13.0 Å². The van der Waals surface area contributed by atoms with E-state index in [-0.39, 0.29) is 11.5 Å². The van der Waals surface area contributed by atoms with Crippen molar-refractivity contribution < 1.29 is 8.94 Å². The summed E-state index contributed by atoms with van der Waals surface area (Å²) >= 11 is 0. The van der Waals surface area contributed by atoms with Crippen LogP contribution in [-0.4, -0.2) is 16.2 Å². The first-order valence-electron chi connectivity index (χ1n) is 6.48. The van der Waals surface area contributed by atoms with Gasteiger partial charge in [-0.05, 0) is 24.8 Å². The Morgan fingerprint density at radius 2 is 2.11 bits per heavy atom. The summed E-state index contributed by atoms with van der Waals surface area (Å²) in [6.45, 7) is 8.37. The Bertz CT molecular complexity index is 537. The van der Waals surface area contributed by atoms with Crippen molar-refractivity contribution in [1.29, 1.82) is 0 Å². The molecule has 5 nitrogen and oxygen atoms in total. The second kappa shape index (κ2) is 5.17. The van der Waals surface area contributed by atoms with Crippen LogP contribution in [0.1, 0.15) is 38.8 Å². The van der Waals surface area contributed by atoms with Crippen LogP contribution in [0.4, 0.5) is 0 Å². The average molecular weight is 263 g/mol. The van der Waals surface area contributed by atoms with Crippen LogP contribution in [0.5, 0.6) is 0 Å². The lowest BCUT2D eigenvalue weighted by Gasteiger charge is -2.21. The standard InChI is InChI=1S/C14H21N3O2/c1-9-11(5-6-18-9)13-16-12(19-17-13)7-10(15)8-14(2,3)4/h5-6,10H,7-8,15H2,1-4H3. The fourth-order valence-corrected chi connectivity index (χ4v) is 2.15. The Labute approximate surface area is 113 Å². The summed E-state index contributed by atoms with van der Waals surface area (Å²) in [7, 11) is 0. The molecule has 0 amide bonds. The highest BCUT2D eigenvalue weighted by atomic mass is 16.5. The number of rotatable bonds is 4. The molecule has 0 radical (unpaired) electrons. The maximum Gasteiger partial charge on any atom is 0.228 e. The number of aromatic nitrogens is 2. The quantitative estimate of drug-likeness (QED) is 0.917. The van der Waals surface area contributed by atoms with E-state index >= 15 is 0 Å². The summed E-state index contributed by atoms with van der Waals surface area (Å²) in [5, 5.41) is 3.97. The first-order valence-corrected chi connectivity index (χ1v) is 6.48. The first kappa shape index (κ1) is 13.8. The van der Waals surface area contributed by atoms with Gasteiger partial charge in [-0.1, -0.05) is 25.9 Å². The van der Waals surface area contributed by atoms with Crippen molar-refractivity contribution in [1.82, 2.24) is 10.1 Å². The number of hydrogen-bond acceptors (Lipinski definition) is 5. The molecule has 2 aromatic rings. The molecule has 0 fully saturated rings. The van der Waals surface area contributed by atoms with E-state index in [1.165, 1.54) is 0 Å². The van der Waals surface area contributed by atoms with E-state index in [0.29, 0.717) is 18.1 Å². The molecular weight excluding hydrogens is 242 g/mol. The molecule has 1 unspecified atom stereocenters. The minimum atomic E-state index is 0.0266. The maximum absolute atomic E-state index is 6.10. The average Bonchev–Trinajstić information content (AvgIpc) is 2.83. The SMILES string of the molecule is Cc1occc1-c1noc(CC(N)CC(C)(C)C)n1. The Hall–Kier alpha value is -1.62. The van der Waals surface area contributed by atoms with E-state index in [4.69, 9.17) is 14.7 Å². The van der Waals surface area contributed by atoms with Gasteiger partial charge in [0.15, 0.2) is 0 Å². The Balaban J connectivity index is 2.04. The number of nitrogens with two attached hydrogens (primary N) is 1. The van der Waals surface area contributed by atoms with E-state index in [0.717, 1.165) is 17.7 Å². The summed E-state index contributed by atoms with van der Waals surface area (Å²) in [6, 6.07) is 1.86. The van der Waals surface area contributed by atoms with E-state index in [1.54, 1.807) is 6.26 Å². The van der Waals surface area contributed by atoms with Gasteiger partial charge in [-0.25, -0.2) is 0 Å². The molecule has 0 spiro atoms. The van der Waals surface area contributed by atoms with Crippen molar-refractivity contribution in [2.75, 3.05) is 0 Å². The third-order valence-electron chi connectivity index (χ3n) is 2.88. The van der Waals surface area contributed by atoms with Crippen LogP contribution in [0.15, 0.2) is 21.3 Å². The van der Waals surface area contributed by atoms with E-state index in [9.17, 15) is 0 Å². The smallest absolute Gasteiger partial charge is 0.228 e. The molecule has 19 heavy (non-hydrogen) atoms. The highest BCUT2D eigenvalue weighted by molar-refractivity contribution is 5.56. The van der Waals surface area contributed by atoms with Crippen LogP contribution >= 0.6 is 0 Å². The van der Waals surface area contributed by atoms with Crippen molar-refractivity contribution in [3.63, 3.8) is 0 Å². The molecule has 2 heterocycles. The topological polar surface area (TPSA) is 78.1 Å². The lowest BCUT2D eigenvalue weighted by Crippen LogP contribution is -2.28. The van der Waals surface area contributed by atoms with Gasteiger partial charge in [0.05, 0.1) is 11.8 Å². The second-order valence-corrected chi connectivity index (χ2v) is 6.13. The Kier molecular flexibility index (Phi) is 3.75. The molecular formula is C14H21N3O2. The van der Waals surface area contributed by atoms with Gasteiger partial charge in [-0.15, -0.1) is 0 Å². The molecule has 2 rings (SSSR count). The fourth-order valence-electron chi connectivity index (χ4n) is 2.15. The van der Waals surface area contributed by atoms with Crippen LogP contribution in [0.3, 0.4) is 0 Å². The predicted octanol–water partition coefficient (Wildman–Crippen LogP) is 2.94. The molecule has 104 valence electrons. The van der Waals surface area contributed by atoms with E-state index in [2.05, 4.69) is 30.9 Å². The molecule has 0 saturated heterocycles. The van der Waals surface area contributed by atoms with E-state index < -0.39 is 0 Å². The molecule has 2 aromatic heterocycles. The number of furan rings is 1. The monoisotopic (exact) mass is 263 g/mol. The van der Waals surface area contributed by atoms with Crippen molar-refractivity contribution in [2.45, 2.75) is 46.6 Å². The minimum absolute atomic E-state index is 0.0266. The second-order valence-electron chi connectivity index (χ2n) is 6.13. The lowest BCUT2D eigenvalue weighted by molar-refractivity contribution is 0.313. The third kappa shape index (κ3) is 3.67. The van der Waals surface area contributed by atoms with Crippen LogP contribution in [0.2, 0.25) is 0 Å². The van der Waals surface area contributed by atoms with Gasteiger partial charge in [0.2, 0.25) is 11.7 Å². The summed E-state index contributed by atoms with van der Waals surface area (Å²) in [6.07, 6.45) is 3.13. The first-order chi connectivity index (χ1) is 8.85. The van der Waals surface area contributed by atoms with Gasteiger partial charge in [0.1, 0.15) is 5.76 Å². The summed E-state index contributed by atoms with van der Waals surface area (Å²) in [4.78, 5) is 4.37. The van der Waals surface area contributed by atoms with Gasteiger partial charge in [0.25, 0.3) is 0 Å². The van der Waals surface area contributed by atoms with Crippen LogP contribution < -0.4 is 5.73 Å². The van der Waals surface area contributed by atoms with Crippen molar-refractivity contribution in [3.05, 3.63) is 24.0 Å². The third-order valence-corrected chi connectivity index (χ3v) is 2.88. The lowest BCUT2D eigenvalue weighted by atomic mass is 9.87. The highest BCUT2D eigenvalue weighted by Gasteiger charge is 2.19. The van der Waals surface area contributed by atoms with Gasteiger partial charge in [0, 0.05) is 12.5 Å². The van der Waals surface area contributed by atoms with Crippen molar-refractivity contribution in [3.8, 4) is 11.4 Å². The summed E-state index contributed by atoms with van der Waals surface area (Å²) in [5.74, 6) is 1.92. The number of aryl methyl sites for hydroxylation is 1. The fraction of sp³-hybridized carbons (Fsp3) is 0.571. The van der Waals surface area contributed by atoms with Crippen molar-refractivity contribution in [2.24, 2.45) is 11.1 Å². The predicted molar refractivity (Wildman–Crippen MR) is 72.5 cm³/mol. The zero-order valence-electron chi connectivity index (χ0n) is 11.9. The van der Waals surface area contributed by atoms with Gasteiger partial charge >= 0.3 is 0 Å². The Morgan fingerprint density at radius 1 is 1.37 bits per heavy atom. The molecule has 2 N–H and O–H groups in total. The molecule has 0 saturated carbocycles.